The van der Waals surface area contributed by atoms with Crippen LogP contribution in [0.25, 0.3) is 0 Å². The molecule has 0 aromatic heterocycles. The molecule has 0 aromatic carbocycles. The minimum absolute atomic E-state index is 0.840. The van der Waals surface area contributed by atoms with Crippen LogP contribution in [-0.2, 0) is 0 Å². The molecule has 0 heterocycles. The summed E-state index contributed by atoms with van der Waals surface area (Å²) in [5.74, 6) is 1.79. The molecule has 2 atom stereocenters. The highest BCUT2D eigenvalue weighted by Crippen LogP contribution is 2.27. The SMILES string of the molecule is CCCC(CC(C)C)C(C)SC. The second-order valence-corrected chi connectivity index (χ2v) is 5.33. The van der Waals surface area contributed by atoms with Crippen molar-refractivity contribution in [2.24, 2.45) is 11.8 Å². The van der Waals surface area contributed by atoms with Crippen LogP contribution in [0, 0.1) is 11.8 Å². The van der Waals surface area contributed by atoms with Gasteiger partial charge in [-0.25, -0.2) is 0 Å². The number of rotatable bonds is 6. The maximum atomic E-state index is 2.37. The second kappa shape index (κ2) is 6.82. The molecule has 2 unspecified atom stereocenters. The lowest BCUT2D eigenvalue weighted by Gasteiger charge is -2.23. The summed E-state index contributed by atoms with van der Waals surface area (Å²) in [5.41, 5.74) is 0. The van der Waals surface area contributed by atoms with E-state index in [0.29, 0.717) is 0 Å². The molecular formula is C11H24S. The van der Waals surface area contributed by atoms with Gasteiger partial charge in [0.1, 0.15) is 0 Å². The summed E-state index contributed by atoms with van der Waals surface area (Å²) in [4.78, 5) is 0. The third kappa shape index (κ3) is 5.08. The smallest absolute Gasteiger partial charge is 0.00443 e. The Morgan fingerprint density at radius 2 is 1.75 bits per heavy atom. The first kappa shape index (κ1) is 12.3. The fourth-order valence-electron chi connectivity index (χ4n) is 1.71. The van der Waals surface area contributed by atoms with Crippen molar-refractivity contribution in [1.29, 1.82) is 0 Å². The van der Waals surface area contributed by atoms with Crippen LogP contribution in [0.3, 0.4) is 0 Å². The third-order valence-corrected chi connectivity index (χ3v) is 3.60. The lowest BCUT2D eigenvalue weighted by Crippen LogP contribution is -2.15. The molecule has 74 valence electrons. The van der Waals surface area contributed by atoms with Crippen LogP contribution >= 0.6 is 11.8 Å². The molecule has 1 heteroatoms. The topological polar surface area (TPSA) is 0 Å². The van der Waals surface area contributed by atoms with Gasteiger partial charge in [-0.15, -0.1) is 0 Å². The Balaban J connectivity index is 3.84. The van der Waals surface area contributed by atoms with E-state index in [9.17, 15) is 0 Å². The van der Waals surface area contributed by atoms with Crippen molar-refractivity contribution in [2.45, 2.75) is 52.2 Å². The number of hydrogen-bond donors (Lipinski definition) is 0. The van der Waals surface area contributed by atoms with Gasteiger partial charge in [0.2, 0.25) is 0 Å². The molecule has 12 heavy (non-hydrogen) atoms. The van der Waals surface area contributed by atoms with E-state index in [1.54, 1.807) is 0 Å². The molecule has 0 spiro atoms. The van der Waals surface area contributed by atoms with E-state index in [1.165, 1.54) is 19.3 Å². The van der Waals surface area contributed by atoms with Crippen LogP contribution in [0.4, 0.5) is 0 Å². The lowest BCUT2D eigenvalue weighted by molar-refractivity contribution is 0.381. The molecule has 0 fully saturated rings. The van der Waals surface area contributed by atoms with Crippen molar-refractivity contribution in [3.63, 3.8) is 0 Å². The first-order valence-corrected chi connectivity index (χ1v) is 6.43. The van der Waals surface area contributed by atoms with Crippen molar-refractivity contribution in [3.05, 3.63) is 0 Å². The molecule has 0 saturated heterocycles. The first-order valence-electron chi connectivity index (χ1n) is 5.14. The molecule has 0 rings (SSSR count). The Bertz CT molecular complexity index is 99.2. The van der Waals surface area contributed by atoms with Crippen LogP contribution < -0.4 is 0 Å². The molecular weight excluding hydrogens is 164 g/mol. The summed E-state index contributed by atoms with van der Waals surface area (Å²) >= 11 is 2.01. The lowest BCUT2D eigenvalue weighted by atomic mass is 9.91. The van der Waals surface area contributed by atoms with E-state index < -0.39 is 0 Å². The summed E-state index contributed by atoms with van der Waals surface area (Å²) < 4.78 is 0. The predicted molar refractivity (Wildman–Crippen MR) is 60.8 cm³/mol. The quantitative estimate of drug-likeness (QED) is 0.602. The van der Waals surface area contributed by atoms with E-state index in [2.05, 4.69) is 34.0 Å². The van der Waals surface area contributed by atoms with Crippen LogP contribution in [-0.4, -0.2) is 11.5 Å². The fraction of sp³-hybridized carbons (Fsp3) is 1.00. The van der Waals surface area contributed by atoms with Crippen LogP contribution in [0.1, 0.15) is 47.0 Å². The molecule has 0 aliphatic carbocycles. The van der Waals surface area contributed by atoms with E-state index >= 15 is 0 Å². The van der Waals surface area contributed by atoms with E-state index in [-0.39, 0.29) is 0 Å². The van der Waals surface area contributed by atoms with E-state index in [0.717, 1.165) is 17.1 Å². The molecule has 0 bridgehead atoms. The Morgan fingerprint density at radius 3 is 2.08 bits per heavy atom. The molecule has 0 aromatic rings. The maximum absolute atomic E-state index is 2.37. The highest BCUT2D eigenvalue weighted by Gasteiger charge is 2.16. The zero-order chi connectivity index (χ0) is 9.56. The maximum Gasteiger partial charge on any atom is 0.00443 e. The van der Waals surface area contributed by atoms with Gasteiger partial charge in [0, 0.05) is 5.25 Å². The van der Waals surface area contributed by atoms with Crippen LogP contribution in [0.15, 0.2) is 0 Å². The van der Waals surface area contributed by atoms with E-state index in [4.69, 9.17) is 0 Å². The Hall–Kier alpha value is 0.350. The summed E-state index contributed by atoms with van der Waals surface area (Å²) in [6.07, 6.45) is 6.37. The Kier molecular flexibility index (Phi) is 7.02. The predicted octanol–water partition coefficient (Wildman–Crippen LogP) is 4.20. The van der Waals surface area contributed by atoms with Crippen LogP contribution in [0.5, 0.6) is 0 Å². The third-order valence-electron chi connectivity index (χ3n) is 2.47. The summed E-state index contributed by atoms with van der Waals surface area (Å²) in [6.45, 7) is 9.32. The van der Waals surface area contributed by atoms with Gasteiger partial charge in [-0.2, -0.15) is 11.8 Å². The van der Waals surface area contributed by atoms with Crippen molar-refractivity contribution in [3.8, 4) is 0 Å². The monoisotopic (exact) mass is 188 g/mol. The van der Waals surface area contributed by atoms with Crippen molar-refractivity contribution in [1.82, 2.24) is 0 Å². The number of thioether (sulfide) groups is 1. The van der Waals surface area contributed by atoms with Gasteiger partial charge in [0.25, 0.3) is 0 Å². The summed E-state index contributed by atoms with van der Waals surface area (Å²) in [5, 5.41) is 0.840. The van der Waals surface area contributed by atoms with Crippen LogP contribution in [0.2, 0.25) is 0 Å². The van der Waals surface area contributed by atoms with Gasteiger partial charge in [0.05, 0.1) is 0 Å². The van der Waals surface area contributed by atoms with Gasteiger partial charge < -0.3 is 0 Å². The van der Waals surface area contributed by atoms with E-state index in [1.807, 2.05) is 11.8 Å². The average Bonchev–Trinajstić information content (AvgIpc) is 2.01. The molecule has 0 aliphatic rings. The molecule has 0 amide bonds. The highest BCUT2D eigenvalue weighted by atomic mass is 32.2. The van der Waals surface area contributed by atoms with Gasteiger partial charge in [-0.3, -0.25) is 0 Å². The number of hydrogen-bond acceptors (Lipinski definition) is 1. The van der Waals surface area contributed by atoms with Gasteiger partial charge in [-0.05, 0) is 30.9 Å². The van der Waals surface area contributed by atoms with Crippen molar-refractivity contribution < 1.29 is 0 Å². The zero-order valence-electron chi connectivity index (χ0n) is 9.26. The average molecular weight is 188 g/mol. The Morgan fingerprint density at radius 1 is 1.17 bits per heavy atom. The first-order chi connectivity index (χ1) is 5.61. The summed E-state index contributed by atoms with van der Waals surface area (Å²) in [7, 11) is 0. The molecule has 0 nitrogen and oxygen atoms in total. The highest BCUT2D eigenvalue weighted by molar-refractivity contribution is 7.99. The molecule has 0 saturated carbocycles. The van der Waals surface area contributed by atoms with Gasteiger partial charge in [-0.1, -0.05) is 34.1 Å². The minimum Gasteiger partial charge on any atom is -0.162 e. The fourth-order valence-corrected chi connectivity index (χ4v) is 2.35. The normalized spacial score (nSPS) is 16.5. The Labute approximate surface area is 82.5 Å². The zero-order valence-corrected chi connectivity index (χ0v) is 10.1. The largest absolute Gasteiger partial charge is 0.162 e. The van der Waals surface area contributed by atoms with Gasteiger partial charge in [0.15, 0.2) is 0 Å². The molecule has 0 aliphatic heterocycles. The van der Waals surface area contributed by atoms with Crippen molar-refractivity contribution >= 4 is 11.8 Å². The molecule has 0 N–H and O–H groups in total. The standard InChI is InChI=1S/C11H24S/c1-6-7-11(8-9(2)3)10(4)12-5/h9-11H,6-8H2,1-5H3. The van der Waals surface area contributed by atoms with Gasteiger partial charge >= 0.3 is 0 Å². The minimum atomic E-state index is 0.840. The second-order valence-electron chi connectivity index (χ2n) is 4.12. The van der Waals surface area contributed by atoms with Crippen molar-refractivity contribution in [2.75, 3.05) is 6.26 Å². The molecule has 0 radical (unpaired) electrons. The summed E-state index contributed by atoms with van der Waals surface area (Å²) in [6, 6.07) is 0.